The van der Waals surface area contributed by atoms with E-state index in [-0.39, 0.29) is 24.5 Å². The monoisotopic (exact) mass is 316 g/mol. The summed E-state index contributed by atoms with van der Waals surface area (Å²) in [5.41, 5.74) is 0.877. The standard InChI is InChI=1S/C17H20N2O4/c1-18-17(21)13-3-2-8-19(10-13)16(20)7-5-12-4-6-14-15(9-12)23-11-22-14/h4-7,9,13H,2-3,8,10-11H2,1H3,(H,18,21)/b7-5+/t13-/m1/s1. The third-order valence-electron chi connectivity index (χ3n) is 4.17. The number of rotatable bonds is 3. The van der Waals surface area contributed by atoms with Crippen LogP contribution in [0, 0.1) is 5.92 Å². The molecule has 122 valence electrons. The van der Waals surface area contributed by atoms with Crippen LogP contribution in [-0.4, -0.2) is 43.6 Å². The predicted octanol–water partition coefficient (Wildman–Crippen LogP) is 1.41. The number of nitrogens with zero attached hydrogens (tertiary/aromatic N) is 1. The maximum absolute atomic E-state index is 12.3. The molecule has 0 aliphatic carbocycles. The lowest BCUT2D eigenvalue weighted by molar-refractivity contribution is -0.131. The summed E-state index contributed by atoms with van der Waals surface area (Å²) in [6.45, 7) is 1.40. The van der Waals surface area contributed by atoms with Crippen LogP contribution >= 0.6 is 0 Å². The van der Waals surface area contributed by atoms with Crippen molar-refractivity contribution in [3.63, 3.8) is 0 Å². The Hall–Kier alpha value is -2.50. The normalized spacial score (nSPS) is 19.9. The number of piperidine rings is 1. The van der Waals surface area contributed by atoms with Crippen molar-refractivity contribution in [3.8, 4) is 11.5 Å². The van der Waals surface area contributed by atoms with Crippen molar-refractivity contribution in [1.29, 1.82) is 0 Å². The van der Waals surface area contributed by atoms with Gasteiger partial charge in [-0.2, -0.15) is 0 Å². The molecule has 2 amide bonds. The molecule has 1 N–H and O–H groups in total. The average molecular weight is 316 g/mol. The zero-order valence-corrected chi connectivity index (χ0v) is 13.1. The molecular formula is C17H20N2O4. The Bertz CT molecular complexity index is 641. The summed E-state index contributed by atoms with van der Waals surface area (Å²) in [4.78, 5) is 25.8. The Kier molecular flexibility index (Phi) is 4.50. The highest BCUT2D eigenvalue weighted by Crippen LogP contribution is 2.32. The number of likely N-dealkylation sites (tertiary alicyclic amines) is 1. The first-order chi connectivity index (χ1) is 11.2. The van der Waals surface area contributed by atoms with E-state index >= 15 is 0 Å². The Balaban J connectivity index is 1.63. The van der Waals surface area contributed by atoms with Gasteiger partial charge in [-0.15, -0.1) is 0 Å². The van der Waals surface area contributed by atoms with Crippen molar-refractivity contribution in [1.82, 2.24) is 10.2 Å². The van der Waals surface area contributed by atoms with Crippen LogP contribution in [0.1, 0.15) is 18.4 Å². The number of hydrogen-bond acceptors (Lipinski definition) is 4. The lowest BCUT2D eigenvalue weighted by Gasteiger charge is -2.31. The van der Waals surface area contributed by atoms with E-state index in [4.69, 9.17) is 9.47 Å². The number of benzene rings is 1. The van der Waals surface area contributed by atoms with E-state index < -0.39 is 0 Å². The van der Waals surface area contributed by atoms with E-state index in [1.165, 1.54) is 0 Å². The molecule has 6 nitrogen and oxygen atoms in total. The van der Waals surface area contributed by atoms with Crippen LogP contribution in [0.3, 0.4) is 0 Å². The molecule has 1 fully saturated rings. The molecule has 0 radical (unpaired) electrons. The summed E-state index contributed by atoms with van der Waals surface area (Å²) in [7, 11) is 1.63. The van der Waals surface area contributed by atoms with Gasteiger partial charge < -0.3 is 19.7 Å². The van der Waals surface area contributed by atoms with Gasteiger partial charge in [0.15, 0.2) is 11.5 Å². The predicted molar refractivity (Wildman–Crippen MR) is 85.0 cm³/mol. The second kappa shape index (κ2) is 6.73. The fourth-order valence-electron chi connectivity index (χ4n) is 2.89. The molecule has 1 aromatic carbocycles. The number of carbonyl (C=O) groups excluding carboxylic acids is 2. The number of amides is 2. The van der Waals surface area contributed by atoms with Gasteiger partial charge in [0, 0.05) is 26.2 Å². The molecule has 2 heterocycles. The summed E-state index contributed by atoms with van der Waals surface area (Å²) in [6, 6.07) is 5.55. The summed E-state index contributed by atoms with van der Waals surface area (Å²) in [5.74, 6) is 1.23. The Morgan fingerprint density at radius 1 is 1.30 bits per heavy atom. The summed E-state index contributed by atoms with van der Waals surface area (Å²) < 4.78 is 10.6. The van der Waals surface area contributed by atoms with Gasteiger partial charge in [-0.3, -0.25) is 9.59 Å². The van der Waals surface area contributed by atoms with E-state index in [1.54, 1.807) is 24.1 Å². The molecule has 23 heavy (non-hydrogen) atoms. The third kappa shape index (κ3) is 3.47. The van der Waals surface area contributed by atoms with Crippen molar-refractivity contribution >= 4 is 17.9 Å². The lowest BCUT2D eigenvalue weighted by Crippen LogP contribution is -2.44. The van der Waals surface area contributed by atoms with Crippen molar-refractivity contribution in [3.05, 3.63) is 29.8 Å². The van der Waals surface area contributed by atoms with E-state index in [9.17, 15) is 9.59 Å². The SMILES string of the molecule is CNC(=O)[C@@H]1CCCN(C(=O)/C=C/c2ccc3c(c2)OCO3)C1. The smallest absolute Gasteiger partial charge is 0.246 e. The molecule has 1 aromatic rings. The fraction of sp³-hybridized carbons (Fsp3) is 0.412. The highest BCUT2D eigenvalue weighted by atomic mass is 16.7. The molecule has 1 saturated heterocycles. The van der Waals surface area contributed by atoms with Crippen molar-refractivity contribution in [2.75, 3.05) is 26.9 Å². The molecule has 3 rings (SSSR count). The van der Waals surface area contributed by atoms with E-state index in [1.807, 2.05) is 18.2 Å². The minimum Gasteiger partial charge on any atom is -0.454 e. The van der Waals surface area contributed by atoms with Gasteiger partial charge >= 0.3 is 0 Å². The second-order valence-corrected chi connectivity index (χ2v) is 5.68. The largest absolute Gasteiger partial charge is 0.454 e. The molecule has 0 spiro atoms. The van der Waals surface area contributed by atoms with Crippen molar-refractivity contribution in [2.45, 2.75) is 12.8 Å². The van der Waals surface area contributed by atoms with Crippen LogP contribution in [-0.2, 0) is 9.59 Å². The van der Waals surface area contributed by atoms with Crippen LogP contribution in [0.4, 0.5) is 0 Å². The first-order valence-electron chi connectivity index (χ1n) is 7.75. The van der Waals surface area contributed by atoms with Gasteiger partial charge in [-0.25, -0.2) is 0 Å². The van der Waals surface area contributed by atoms with Crippen molar-refractivity contribution in [2.24, 2.45) is 5.92 Å². The highest BCUT2D eigenvalue weighted by Gasteiger charge is 2.26. The van der Waals surface area contributed by atoms with Gasteiger partial charge in [0.05, 0.1) is 5.92 Å². The molecule has 1 atom stereocenters. The average Bonchev–Trinajstić information content (AvgIpc) is 3.06. The van der Waals surface area contributed by atoms with Gasteiger partial charge in [-0.05, 0) is 36.6 Å². The molecule has 0 aromatic heterocycles. The number of nitrogens with one attached hydrogen (secondary N) is 1. The first-order valence-corrected chi connectivity index (χ1v) is 7.75. The lowest BCUT2D eigenvalue weighted by atomic mass is 9.97. The Morgan fingerprint density at radius 3 is 2.96 bits per heavy atom. The topological polar surface area (TPSA) is 67.9 Å². The van der Waals surface area contributed by atoms with Crippen LogP contribution in [0.15, 0.2) is 24.3 Å². The Morgan fingerprint density at radius 2 is 2.13 bits per heavy atom. The molecular weight excluding hydrogens is 296 g/mol. The summed E-state index contributed by atoms with van der Waals surface area (Å²) in [6.07, 6.45) is 4.98. The molecule has 6 heteroatoms. The molecule has 0 unspecified atom stereocenters. The molecule has 0 saturated carbocycles. The van der Waals surface area contributed by atoms with Gasteiger partial charge in [0.2, 0.25) is 18.6 Å². The number of hydrogen-bond donors (Lipinski definition) is 1. The maximum atomic E-state index is 12.3. The molecule has 2 aliphatic rings. The van der Waals surface area contributed by atoms with Gasteiger partial charge in [0.1, 0.15) is 0 Å². The minimum absolute atomic E-state index is 0.00208. The van der Waals surface area contributed by atoms with E-state index in [2.05, 4.69) is 5.32 Å². The van der Waals surface area contributed by atoms with Crippen molar-refractivity contribution < 1.29 is 19.1 Å². The number of fused-ring (bicyclic) bond motifs is 1. The first kappa shape index (κ1) is 15.4. The third-order valence-corrected chi connectivity index (χ3v) is 4.17. The molecule has 2 aliphatic heterocycles. The van der Waals surface area contributed by atoms with Gasteiger partial charge in [-0.1, -0.05) is 6.07 Å². The van der Waals surface area contributed by atoms with E-state index in [0.29, 0.717) is 18.8 Å². The zero-order chi connectivity index (χ0) is 16.2. The number of ether oxygens (including phenoxy) is 2. The van der Waals surface area contributed by atoms with Crippen LogP contribution in [0.5, 0.6) is 11.5 Å². The highest BCUT2D eigenvalue weighted by molar-refractivity contribution is 5.92. The van der Waals surface area contributed by atoms with Crippen LogP contribution < -0.4 is 14.8 Å². The second-order valence-electron chi connectivity index (χ2n) is 5.68. The quantitative estimate of drug-likeness (QED) is 0.856. The minimum atomic E-state index is -0.114. The fourth-order valence-corrected chi connectivity index (χ4v) is 2.89. The molecule has 0 bridgehead atoms. The van der Waals surface area contributed by atoms with E-state index in [0.717, 1.165) is 24.2 Å². The van der Waals surface area contributed by atoms with Gasteiger partial charge in [0.25, 0.3) is 0 Å². The van der Waals surface area contributed by atoms with Crippen LogP contribution in [0.25, 0.3) is 6.08 Å². The summed E-state index contributed by atoms with van der Waals surface area (Å²) >= 11 is 0. The zero-order valence-electron chi connectivity index (χ0n) is 13.1. The van der Waals surface area contributed by atoms with Crippen LogP contribution in [0.2, 0.25) is 0 Å². The maximum Gasteiger partial charge on any atom is 0.246 e. The Labute approximate surface area is 135 Å². The summed E-state index contributed by atoms with van der Waals surface area (Å²) in [5, 5.41) is 2.66. The number of carbonyl (C=O) groups is 2.